The Hall–Kier alpha value is -1.14. The van der Waals surface area contributed by atoms with E-state index in [4.69, 9.17) is 4.74 Å². The lowest BCUT2D eigenvalue weighted by Gasteiger charge is -2.22. The van der Waals surface area contributed by atoms with Gasteiger partial charge in [0.25, 0.3) is 0 Å². The van der Waals surface area contributed by atoms with Crippen molar-refractivity contribution in [2.75, 3.05) is 13.2 Å². The van der Waals surface area contributed by atoms with Crippen LogP contribution in [-0.2, 0) is 14.3 Å². The van der Waals surface area contributed by atoms with Crippen LogP contribution in [0.15, 0.2) is 0 Å². The number of hydrogen-bond donors (Lipinski definition) is 3. The Labute approximate surface area is 445 Å². The van der Waals surface area contributed by atoms with Crippen molar-refractivity contribution in [2.24, 2.45) is 0 Å². The number of aliphatic hydroxyl groups excluding tert-OH is 2. The van der Waals surface area contributed by atoms with Gasteiger partial charge in [-0.25, -0.2) is 0 Å². The maximum atomic E-state index is 12.5. The minimum absolute atomic E-state index is 0.0177. The van der Waals surface area contributed by atoms with Crippen molar-refractivity contribution < 1.29 is 24.5 Å². The summed E-state index contributed by atoms with van der Waals surface area (Å²) in [7, 11) is 0. The van der Waals surface area contributed by atoms with E-state index in [0.29, 0.717) is 25.9 Å². The molecule has 0 heterocycles. The fraction of sp³-hybridized carbons (Fsp3) is 0.969. The summed E-state index contributed by atoms with van der Waals surface area (Å²) in [6.45, 7) is 4.99. The zero-order chi connectivity index (χ0) is 51.4. The van der Waals surface area contributed by atoms with E-state index >= 15 is 0 Å². The van der Waals surface area contributed by atoms with Crippen molar-refractivity contribution in [2.45, 2.75) is 392 Å². The molecule has 0 fully saturated rings. The number of hydrogen-bond acceptors (Lipinski definition) is 5. The zero-order valence-corrected chi connectivity index (χ0v) is 48.5. The summed E-state index contributed by atoms with van der Waals surface area (Å²) in [4.78, 5) is 24.6. The van der Waals surface area contributed by atoms with Gasteiger partial charge < -0.3 is 20.3 Å². The molecule has 1 amide bonds. The minimum atomic E-state index is -0.663. The quantitative estimate of drug-likeness (QED) is 0.0417. The Morgan fingerprint density at radius 1 is 0.338 bits per heavy atom. The third-order valence-electron chi connectivity index (χ3n) is 15.7. The van der Waals surface area contributed by atoms with E-state index in [2.05, 4.69) is 19.2 Å². The molecular formula is C65H129NO5. The Kier molecular flexibility index (Phi) is 60.4. The fourth-order valence-corrected chi connectivity index (χ4v) is 10.6. The maximum Gasteiger partial charge on any atom is 0.305 e. The highest BCUT2D eigenvalue weighted by atomic mass is 16.5. The van der Waals surface area contributed by atoms with Crippen LogP contribution in [0.25, 0.3) is 0 Å². The normalized spacial score (nSPS) is 12.5. The first kappa shape index (κ1) is 69.9. The molecule has 0 spiro atoms. The molecule has 0 aliphatic rings. The molecule has 0 saturated heterocycles. The van der Waals surface area contributed by atoms with Crippen LogP contribution in [0.5, 0.6) is 0 Å². The summed E-state index contributed by atoms with van der Waals surface area (Å²) in [5, 5.41) is 23.3. The SMILES string of the molecule is CCCCCCCCCCCCCCCCCCCCC(=O)OCCCCCCCCCCCCCCCCCCCCCCCC(=O)NC(CO)C(O)CCCCCCCCCCCCCCCCC. The van der Waals surface area contributed by atoms with E-state index in [1.807, 2.05) is 0 Å². The number of aliphatic hydroxyl groups is 2. The Bertz CT molecular complexity index is 1020. The van der Waals surface area contributed by atoms with Gasteiger partial charge in [0.15, 0.2) is 0 Å². The monoisotopic (exact) mass is 1000 g/mol. The number of ether oxygens (including phenoxy) is 1. The van der Waals surface area contributed by atoms with Crippen LogP contribution in [-0.4, -0.2) is 47.4 Å². The summed E-state index contributed by atoms with van der Waals surface area (Å²) in [6, 6.07) is -0.541. The molecule has 2 unspecified atom stereocenters. The molecule has 2 atom stereocenters. The third-order valence-corrected chi connectivity index (χ3v) is 15.7. The average molecular weight is 1000 g/mol. The fourth-order valence-electron chi connectivity index (χ4n) is 10.6. The van der Waals surface area contributed by atoms with Gasteiger partial charge >= 0.3 is 5.97 Å². The smallest absolute Gasteiger partial charge is 0.305 e. The van der Waals surface area contributed by atoms with Crippen LogP contribution < -0.4 is 5.32 Å². The summed E-state index contributed by atoms with van der Waals surface area (Å²) < 4.78 is 5.51. The summed E-state index contributed by atoms with van der Waals surface area (Å²) in [5.74, 6) is -0.0148. The van der Waals surface area contributed by atoms with E-state index in [-0.39, 0.29) is 18.5 Å². The standard InChI is InChI=1S/C65H129NO5/c1-3-5-7-9-11-13-15-17-19-20-27-31-35-39-43-47-51-55-59-65(70)71-60-56-52-48-44-40-36-32-28-25-23-21-22-24-26-30-34-38-42-46-50-54-58-64(69)66-62(61-67)63(68)57-53-49-45-41-37-33-29-18-16-14-12-10-8-6-4-2/h62-63,67-68H,3-61H2,1-2H3,(H,66,69). The first-order valence-corrected chi connectivity index (χ1v) is 32.8. The van der Waals surface area contributed by atoms with Crippen molar-refractivity contribution >= 4 is 11.9 Å². The highest BCUT2D eigenvalue weighted by Gasteiger charge is 2.20. The van der Waals surface area contributed by atoms with Gasteiger partial charge in [0.2, 0.25) is 5.91 Å². The van der Waals surface area contributed by atoms with Crippen LogP contribution in [0, 0.1) is 0 Å². The topological polar surface area (TPSA) is 95.9 Å². The van der Waals surface area contributed by atoms with E-state index in [0.717, 1.165) is 38.5 Å². The second-order valence-electron chi connectivity index (χ2n) is 22.8. The number of esters is 1. The van der Waals surface area contributed by atoms with E-state index in [9.17, 15) is 19.8 Å². The van der Waals surface area contributed by atoms with Gasteiger partial charge in [-0.05, 0) is 25.7 Å². The van der Waals surface area contributed by atoms with Crippen molar-refractivity contribution in [1.29, 1.82) is 0 Å². The largest absolute Gasteiger partial charge is 0.466 e. The molecule has 0 aromatic rings. The van der Waals surface area contributed by atoms with Gasteiger partial charge in [-0.3, -0.25) is 9.59 Å². The average Bonchev–Trinajstić information content (AvgIpc) is 3.37. The van der Waals surface area contributed by atoms with Gasteiger partial charge in [-0.2, -0.15) is 0 Å². The predicted molar refractivity (Wildman–Crippen MR) is 310 cm³/mol. The Balaban J connectivity index is 3.35. The molecule has 3 N–H and O–H groups in total. The first-order valence-electron chi connectivity index (χ1n) is 32.8. The minimum Gasteiger partial charge on any atom is -0.466 e. The van der Waals surface area contributed by atoms with E-state index in [1.165, 1.54) is 308 Å². The van der Waals surface area contributed by atoms with Gasteiger partial charge in [0.1, 0.15) is 0 Å². The lowest BCUT2D eigenvalue weighted by molar-refractivity contribution is -0.143. The lowest BCUT2D eigenvalue weighted by Crippen LogP contribution is -2.45. The number of unbranched alkanes of at least 4 members (excludes halogenated alkanes) is 51. The van der Waals surface area contributed by atoms with Gasteiger partial charge in [0.05, 0.1) is 25.4 Å². The zero-order valence-electron chi connectivity index (χ0n) is 48.5. The molecule has 0 aromatic heterocycles. The molecule has 0 radical (unpaired) electrons. The van der Waals surface area contributed by atoms with Crippen LogP contribution >= 0.6 is 0 Å². The van der Waals surface area contributed by atoms with Crippen molar-refractivity contribution in [3.8, 4) is 0 Å². The molecule has 0 bridgehead atoms. The van der Waals surface area contributed by atoms with Gasteiger partial charge in [-0.15, -0.1) is 0 Å². The van der Waals surface area contributed by atoms with Gasteiger partial charge in [-0.1, -0.05) is 341 Å². The molecule has 0 aliphatic carbocycles. The molecule has 6 heteroatoms. The van der Waals surface area contributed by atoms with Crippen LogP contribution in [0.2, 0.25) is 0 Å². The third kappa shape index (κ3) is 58.0. The highest BCUT2D eigenvalue weighted by Crippen LogP contribution is 2.19. The van der Waals surface area contributed by atoms with Crippen molar-refractivity contribution in [3.63, 3.8) is 0 Å². The highest BCUT2D eigenvalue weighted by molar-refractivity contribution is 5.76. The molecule has 0 rings (SSSR count). The Morgan fingerprint density at radius 2 is 0.577 bits per heavy atom. The van der Waals surface area contributed by atoms with E-state index < -0.39 is 12.1 Å². The second kappa shape index (κ2) is 61.4. The number of carbonyl (C=O) groups excluding carboxylic acids is 2. The molecular weight excluding hydrogens is 875 g/mol. The Morgan fingerprint density at radius 3 is 0.859 bits per heavy atom. The van der Waals surface area contributed by atoms with Crippen molar-refractivity contribution in [1.82, 2.24) is 5.32 Å². The summed E-state index contributed by atoms with van der Waals surface area (Å²) in [6.07, 6.45) is 72.7. The first-order chi connectivity index (χ1) is 35.0. The van der Waals surface area contributed by atoms with Crippen LogP contribution in [0.1, 0.15) is 380 Å². The molecule has 424 valence electrons. The second-order valence-corrected chi connectivity index (χ2v) is 22.8. The summed E-state index contributed by atoms with van der Waals surface area (Å²) in [5.41, 5.74) is 0. The number of rotatable bonds is 62. The molecule has 71 heavy (non-hydrogen) atoms. The van der Waals surface area contributed by atoms with Crippen molar-refractivity contribution in [3.05, 3.63) is 0 Å². The number of nitrogens with one attached hydrogen (secondary N) is 1. The van der Waals surface area contributed by atoms with Crippen LogP contribution in [0.3, 0.4) is 0 Å². The summed E-state index contributed by atoms with van der Waals surface area (Å²) >= 11 is 0. The molecule has 6 nitrogen and oxygen atoms in total. The maximum absolute atomic E-state index is 12.5. The molecule has 0 aromatic carbocycles. The number of amides is 1. The molecule has 0 saturated carbocycles. The van der Waals surface area contributed by atoms with Crippen LogP contribution in [0.4, 0.5) is 0 Å². The lowest BCUT2D eigenvalue weighted by atomic mass is 10.0. The number of carbonyl (C=O) groups is 2. The molecule has 0 aliphatic heterocycles. The van der Waals surface area contributed by atoms with Gasteiger partial charge in [0, 0.05) is 12.8 Å². The van der Waals surface area contributed by atoms with E-state index in [1.54, 1.807) is 0 Å². The predicted octanol–water partition coefficient (Wildman–Crippen LogP) is 20.6.